The lowest BCUT2D eigenvalue weighted by Crippen LogP contribution is -2.64. The molecule has 0 amide bonds. The van der Waals surface area contributed by atoms with Gasteiger partial charge in [-0.2, -0.15) is 0 Å². The fourth-order valence-electron chi connectivity index (χ4n) is 3.23. The zero-order valence-electron chi connectivity index (χ0n) is 16.9. The summed E-state index contributed by atoms with van der Waals surface area (Å²) in [6.45, 7) is 4.37. The van der Waals surface area contributed by atoms with Gasteiger partial charge < -0.3 is 26.6 Å². The molecule has 10 heteroatoms. The predicted molar refractivity (Wildman–Crippen MR) is 100 cm³/mol. The third-order valence-corrected chi connectivity index (χ3v) is 10.4. The van der Waals surface area contributed by atoms with Crippen molar-refractivity contribution in [3.05, 3.63) is 0 Å². The van der Waals surface area contributed by atoms with E-state index in [1.807, 2.05) is 0 Å². The highest BCUT2D eigenvalue weighted by molar-refractivity contribution is 6.62. The molecule has 1 unspecified atom stereocenters. The van der Waals surface area contributed by atoms with Crippen LogP contribution in [0.2, 0.25) is 0 Å². The fraction of sp³-hybridized carbons (Fsp3) is 1.00. The molecule has 8 nitrogen and oxygen atoms in total. The Morgan fingerprint density at radius 1 is 0.720 bits per heavy atom. The molecule has 0 aromatic rings. The van der Waals surface area contributed by atoms with Gasteiger partial charge in [0.2, 0.25) is 0 Å². The summed E-state index contributed by atoms with van der Waals surface area (Å²) in [5, 5.41) is 0. The summed E-state index contributed by atoms with van der Waals surface area (Å²) in [6.07, 6.45) is 5.00. The van der Waals surface area contributed by atoms with Crippen LogP contribution in [0.25, 0.3) is 0 Å². The summed E-state index contributed by atoms with van der Waals surface area (Å²) in [6, 6.07) is 0. The van der Waals surface area contributed by atoms with E-state index in [-0.39, 0.29) is 6.17 Å². The van der Waals surface area contributed by atoms with Crippen LogP contribution in [0.5, 0.6) is 0 Å². The average Bonchev–Trinajstić information content (AvgIpc) is 2.69. The standard InChI is InChI=1S/C15H36N2O6Si2/c1-15(16-11-9-8-10-12-16)17(13-24(18-2,19-3)20-4)14-25(21-5,22-6)23-7/h15H,8-14H2,1-7H3. The van der Waals surface area contributed by atoms with E-state index < -0.39 is 17.6 Å². The van der Waals surface area contributed by atoms with E-state index in [9.17, 15) is 0 Å². The molecule has 0 aromatic heterocycles. The van der Waals surface area contributed by atoms with E-state index in [1.54, 1.807) is 42.7 Å². The number of rotatable bonds is 12. The first-order valence-corrected chi connectivity index (χ1v) is 12.6. The van der Waals surface area contributed by atoms with Crippen LogP contribution in [-0.2, 0) is 26.6 Å². The Labute approximate surface area is 155 Å². The largest absolute Gasteiger partial charge is 0.515 e. The number of nitrogens with zero attached hydrogens (tertiary/aromatic N) is 2. The molecule has 0 bridgehead atoms. The maximum Gasteiger partial charge on any atom is 0.515 e. The van der Waals surface area contributed by atoms with Crippen molar-refractivity contribution in [2.45, 2.75) is 32.4 Å². The highest BCUT2D eigenvalue weighted by atomic mass is 28.4. The van der Waals surface area contributed by atoms with Gasteiger partial charge in [-0.05, 0) is 32.9 Å². The predicted octanol–water partition coefficient (Wildman–Crippen LogP) is 0.955. The monoisotopic (exact) mass is 396 g/mol. The number of hydrogen-bond donors (Lipinski definition) is 0. The molecule has 150 valence electrons. The van der Waals surface area contributed by atoms with Gasteiger partial charge in [0.15, 0.2) is 0 Å². The maximum atomic E-state index is 5.65. The van der Waals surface area contributed by atoms with Gasteiger partial charge in [0.25, 0.3) is 0 Å². The van der Waals surface area contributed by atoms with Gasteiger partial charge in [0, 0.05) is 42.7 Å². The topological polar surface area (TPSA) is 61.9 Å². The van der Waals surface area contributed by atoms with Gasteiger partial charge in [-0.15, -0.1) is 0 Å². The minimum atomic E-state index is -2.79. The van der Waals surface area contributed by atoms with Crippen molar-refractivity contribution in [1.82, 2.24) is 9.80 Å². The molecular weight excluding hydrogens is 360 g/mol. The summed E-state index contributed by atoms with van der Waals surface area (Å²) in [4.78, 5) is 4.74. The molecule has 1 aliphatic heterocycles. The van der Waals surface area contributed by atoms with Gasteiger partial charge in [0.05, 0.1) is 18.5 Å². The molecule has 0 aromatic carbocycles. The lowest BCUT2D eigenvalue weighted by molar-refractivity contribution is 0.0193. The number of piperidine rings is 1. The van der Waals surface area contributed by atoms with Crippen LogP contribution in [0.4, 0.5) is 0 Å². The van der Waals surface area contributed by atoms with Crippen LogP contribution in [0, 0.1) is 0 Å². The summed E-state index contributed by atoms with van der Waals surface area (Å²) in [5.74, 6) is 0. The highest BCUT2D eigenvalue weighted by Gasteiger charge is 2.47. The van der Waals surface area contributed by atoms with Crippen molar-refractivity contribution >= 4 is 17.6 Å². The van der Waals surface area contributed by atoms with E-state index in [0.29, 0.717) is 12.3 Å². The summed E-state index contributed by atoms with van der Waals surface area (Å²) >= 11 is 0. The first-order chi connectivity index (χ1) is 11.9. The summed E-state index contributed by atoms with van der Waals surface area (Å²) in [7, 11) is 4.23. The van der Waals surface area contributed by atoms with Gasteiger partial charge >= 0.3 is 17.6 Å². The van der Waals surface area contributed by atoms with E-state index in [0.717, 1.165) is 13.1 Å². The highest BCUT2D eigenvalue weighted by Crippen LogP contribution is 2.20. The van der Waals surface area contributed by atoms with E-state index >= 15 is 0 Å². The van der Waals surface area contributed by atoms with Gasteiger partial charge in [-0.25, -0.2) is 0 Å². The Kier molecular flexibility index (Phi) is 10.3. The zero-order chi connectivity index (χ0) is 18.9. The molecule has 1 atom stereocenters. The minimum absolute atomic E-state index is 0.181. The minimum Gasteiger partial charge on any atom is -0.376 e. The van der Waals surface area contributed by atoms with Crippen molar-refractivity contribution in [2.24, 2.45) is 0 Å². The molecule has 1 aliphatic rings. The van der Waals surface area contributed by atoms with E-state index in [4.69, 9.17) is 26.6 Å². The number of hydrogen-bond acceptors (Lipinski definition) is 8. The smallest absolute Gasteiger partial charge is 0.376 e. The van der Waals surface area contributed by atoms with Crippen LogP contribution < -0.4 is 0 Å². The Balaban J connectivity index is 3.03. The molecule has 0 aliphatic carbocycles. The van der Waals surface area contributed by atoms with Crippen LogP contribution >= 0.6 is 0 Å². The first-order valence-electron chi connectivity index (χ1n) is 8.74. The van der Waals surface area contributed by atoms with Crippen LogP contribution in [0.1, 0.15) is 26.2 Å². The third kappa shape index (κ3) is 6.06. The van der Waals surface area contributed by atoms with Crippen LogP contribution in [0.3, 0.4) is 0 Å². The average molecular weight is 397 g/mol. The summed E-state index contributed by atoms with van der Waals surface area (Å²) < 4.78 is 33.9. The van der Waals surface area contributed by atoms with Crippen molar-refractivity contribution in [3.8, 4) is 0 Å². The van der Waals surface area contributed by atoms with Gasteiger partial charge in [-0.3, -0.25) is 9.80 Å². The SMILES string of the molecule is CO[Si](CN(C[Si](OC)(OC)OC)C(C)N1CCCCC1)(OC)OC. The first kappa shape index (κ1) is 23.2. The van der Waals surface area contributed by atoms with E-state index in [2.05, 4.69) is 16.7 Å². The molecule has 1 saturated heterocycles. The molecule has 0 N–H and O–H groups in total. The fourth-order valence-corrected chi connectivity index (χ4v) is 6.97. The Hall–Kier alpha value is 0.114. The molecule has 0 radical (unpaired) electrons. The van der Waals surface area contributed by atoms with Crippen molar-refractivity contribution in [3.63, 3.8) is 0 Å². The second-order valence-corrected chi connectivity index (χ2v) is 12.0. The number of likely N-dealkylation sites (tertiary alicyclic amines) is 1. The molecular formula is C15H36N2O6Si2. The Morgan fingerprint density at radius 3 is 1.40 bits per heavy atom. The van der Waals surface area contributed by atoms with Gasteiger partial charge in [-0.1, -0.05) is 6.42 Å². The zero-order valence-corrected chi connectivity index (χ0v) is 18.9. The normalized spacial score (nSPS) is 18.7. The molecule has 1 rings (SSSR count). The van der Waals surface area contributed by atoms with E-state index in [1.165, 1.54) is 19.3 Å². The molecule has 0 saturated carbocycles. The van der Waals surface area contributed by atoms with Crippen molar-refractivity contribution in [1.29, 1.82) is 0 Å². The molecule has 0 spiro atoms. The molecule has 25 heavy (non-hydrogen) atoms. The van der Waals surface area contributed by atoms with Crippen LogP contribution in [0.15, 0.2) is 0 Å². The summed E-state index contributed by atoms with van der Waals surface area (Å²) in [5.41, 5.74) is 0. The molecule has 1 fully saturated rings. The maximum absolute atomic E-state index is 5.65. The Bertz CT molecular complexity index is 327. The van der Waals surface area contributed by atoms with Crippen LogP contribution in [-0.4, -0.2) is 102 Å². The quantitative estimate of drug-likeness (QED) is 0.452. The third-order valence-electron chi connectivity index (χ3n) is 5.11. The lowest BCUT2D eigenvalue weighted by atomic mass is 10.1. The molecule has 1 heterocycles. The second kappa shape index (κ2) is 11.1. The van der Waals surface area contributed by atoms with Crippen molar-refractivity contribution in [2.75, 3.05) is 68.1 Å². The lowest BCUT2D eigenvalue weighted by Gasteiger charge is -2.43. The Morgan fingerprint density at radius 2 is 1.08 bits per heavy atom. The van der Waals surface area contributed by atoms with Gasteiger partial charge in [0.1, 0.15) is 0 Å². The van der Waals surface area contributed by atoms with Crippen molar-refractivity contribution < 1.29 is 26.6 Å². The second-order valence-electron chi connectivity index (χ2n) is 6.22.